The van der Waals surface area contributed by atoms with Crippen molar-refractivity contribution in [1.82, 2.24) is 10.2 Å². The molecule has 1 heterocycles. The predicted octanol–water partition coefficient (Wildman–Crippen LogP) is 3.25. The Balaban J connectivity index is 1.26. The summed E-state index contributed by atoms with van der Waals surface area (Å²) in [5.74, 6) is -6.53. The Hall–Kier alpha value is -3.53. The zero-order valence-electron chi connectivity index (χ0n) is 18.9. The summed E-state index contributed by atoms with van der Waals surface area (Å²) in [5, 5.41) is 10.7. The van der Waals surface area contributed by atoms with Gasteiger partial charge in [-0.25, -0.2) is 9.59 Å². The third-order valence-corrected chi connectivity index (χ3v) is 6.28. The summed E-state index contributed by atoms with van der Waals surface area (Å²) < 4.78 is 39.4. The lowest BCUT2D eigenvalue weighted by molar-refractivity contribution is -0.160. The molecule has 1 saturated heterocycles. The number of fused-ring (bicyclic) bond motifs is 3. The van der Waals surface area contributed by atoms with Crippen LogP contribution in [-0.2, 0) is 19.1 Å². The maximum Gasteiger partial charge on any atom is 0.407 e. The van der Waals surface area contributed by atoms with Crippen molar-refractivity contribution in [3.05, 3.63) is 59.7 Å². The fourth-order valence-corrected chi connectivity index (χ4v) is 4.55. The number of aliphatic carboxylic acids is 1. The maximum absolute atomic E-state index is 14.5. The number of likely N-dealkylation sites (tertiary alicyclic amines) is 1. The van der Waals surface area contributed by atoms with Crippen molar-refractivity contribution >= 4 is 18.0 Å². The van der Waals surface area contributed by atoms with E-state index in [0.717, 1.165) is 27.2 Å². The molecule has 0 radical (unpaired) electrons. The highest BCUT2D eigenvalue weighted by Gasteiger charge is 2.43. The van der Waals surface area contributed by atoms with E-state index in [-0.39, 0.29) is 38.5 Å². The highest BCUT2D eigenvalue weighted by molar-refractivity contribution is 5.84. The van der Waals surface area contributed by atoms with Crippen LogP contribution in [0.25, 0.3) is 11.1 Å². The van der Waals surface area contributed by atoms with Crippen molar-refractivity contribution in [3.63, 3.8) is 0 Å². The molecule has 0 saturated carbocycles. The van der Waals surface area contributed by atoms with Crippen LogP contribution in [0.3, 0.4) is 0 Å². The first kappa shape index (κ1) is 24.6. The number of halogens is 2. The molecule has 35 heavy (non-hydrogen) atoms. The van der Waals surface area contributed by atoms with E-state index < -0.39 is 43.1 Å². The number of hydrogen-bond donors (Lipinski definition) is 2. The fourth-order valence-electron chi connectivity index (χ4n) is 4.55. The number of rotatable bonds is 8. The maximum atomic E-state index is 14.5. The van der Waals surface area contributed by atoms with Crippen LogP contribution in [0.1, 0.15) is 29.9 Å². The van der Waals surface area contributed by atoms with Crippen molar-refractivity contribution in [2.24, 2.45) is 0 Å². The van der Waals surface area contributed by atoms with Gasteiger partial charge in [0.15, 0.2) is 0 Å². The molecule has 1 aliphatic heterocycles. The molecular formula is C25H26F2N2O6. The molecule has 4 rings (SSSR count). The van der Waals surface area contributed by atoms with Gasteiger partial charge >= 0.3 is 18.0 Å². The molecule has 186 valence electrons. The number of carboxylic acid groups (broad SMARTS) is 1. The summed E-state index contributed by atoms with van der Waals surface area (Å²) in [6.07, 6.45) is -0.910. The van der Waals surface area contributed by atoms with E-state index in [4.69, 9.17) is 14.6 Å². The second-order valence-corrected chi connectivity index (χ2v) is 8.58. The summed E-state index contributed by atoms with van der Waals surface area (Å²) in [6.45, 7) is -1.65. The van der Waals surface area contributed by atoms with Crippen LogP contribution < -0.4 is 5.32 Å². The molecule has 1 aliphatic carbocycles. The van der Waals surface area contributed by atoms with Crippen LogP contribution in [0.2, 0.25) is 0 Å². The molecule has 0 aromatic heterocycles. The van der Waals surface area contributed by atoms with Crippen LogP contribution in [0.5, 0.6) is 0 Å². The minimum atomic E-state index is -3.81. The molecule has 2 aliphatic rings. The molecule has 0 bridgehead atoms. The average molecular weight is 488 g/mol. The van der Waals surface area contributed by atoms with Crippen molar-refractivity contribution in [3.8, 4) is 11.1 Å². The van der Waals surface area contributed by atoms with E-state index >= 15 is 0 Å². The number of nitrogens with zero attached hydrogens (tertiary/aromatic N) is 1. The number of amides is 2. The van der Waals surface area contributed by atoms with Crippen LogP contribution in [0.4, 0.5) is 13.6 Å². The summed E-state index contributed by atoms with van der Waals surface area (Å²) >= 11 is 0. The molecule has 0 unspecified atom stereocenters. The summed E-state index contributed by atoms with van der Waals surface area (Å²) in [5.41, 5.74) is 4.09. The Morgan fingerprint density at radius 2 is 1.57 bits per heavy atom. The largest absolute Gasteiger partial charge is 0.480 e. The Kier molecular flexibility index (Phi) is 7.30. The summed E-state index contributed by atoms with van der Waals surface area (Å²) in [7, 11) is 0. The number of hydrogen-bond acceptors (Lipinski definition) is 5. The smallest absolute Gasteiger partial charge is 0.407 e. The second-order valence-electron chi connectivity index (χ2n) is 8.58. The quantitative estimate of drug-likeness (QED) is 0.591. The van der Waals surface area contributed by atoms with E-state index in [1.165, 1.54) is 0 Å². The van der Waals surface area contributed by atoms with Gasteiger partial charge in [0.05, 0.1) is 12.6 Å². The van der Waals surface area contributed by atoms with Gasteiger partial charge < -0.3 is 24.8 Å². The summed E-state index contributed by atoms with van der Waals surface area (Å²) in [6, 6.07) is 15.5. The van der Waals surface area contributed by atoms with Crippen LogP contribution in [-0.4, -0.2) is 72.9 Å². The SMILES string of the molecule is O=C(O)COC1CCN(C(=O)C(F)(F)CNC(=O)OCC2c3ccccc3-c3ccccc32)CC1. The molecule has 0 spiro atoms. The number of benzene rings is 2. The third kappa shape index (κ3) is 5.59. The van der Waals surface area contributed by atoms with E-state index in [2.05, 4.69) is 0 Å². The van der Waals surface area contributed by atoms with Gasteiger partial charge in [-0.2, -0.15) is 8.78 Å². The number of alkyl halides is 2. The van der Waals surface area contributed by atoms with Gasteiger partial charge in [0.25, 0.3) is 5.91 Å². The number of piperidine rings is 1. The Labute approximate surface area is 200 Å². The van der Waals surface area contributed by atoms with E-state index in [1.54, 1.807) is 0 Å². The lowest BCUT2D eigenvalue weighted by Gasteiger charge is -2.33. The van der Waals surface area contributed by atoms with E-state index in [1.807, 2.05) is 53.8 Å². The zero-order chi connectivity index (χ0) is 25.0. The Morgan fingerprint density at radius 1 is 1.00 bits per heavy atom. The zero-order valence-corrected chi connectivity index (χ0v) is 18.9. The minimum Gasteiger partial charge on any atom is -0.480 e. The molecule has 2 aromatic carbocycles. The fraction of sp³-hybridized carbons (Fsp3) is 0.400. The van der Waals surface area contributed by atoms with Crippen molar-refractivity contribution < 1.29 is 37.7 Å². The van der Waals surface area contributed by atoms with Crippen molar-refractivity contribution in [2.75, 3.05) is 32.8 Å². The van der Waals surface area contributed by atoms with Gasteiger partial charge in [0.2, 0.25) is 0 Å². The first-order chi connectivity index (χ1) is 16.8. The molecule has 2 amide bonds. The summed E-state index contributed by atoms with van der Waals surface area (Å²) in [4.78, 5) is 36.0. The highest BCUT2D eigenvalue weighted by Crippen LogP contribution is 2.44. The molecule has 1 fully saturated rings. The highest BCUT2D eigenvalue weighted by atomic mass is 19.3. The van der Waals surface area contributed by atoms with Gasteiger partial charge in [-0.15, -0.1) is 0 Å². The van der Waals surface area contributed by atoms with Gasteiger partial charge in [0, 0.05) is 19.0 Å². The van der Waals surface area contributed by atoms with Crippen molar-refractivity contribution in [2.45, 2.75) is 30.8 Å². The Bertz CT molecular complexity index is 1060. The number of carbonyl (C=O) groups is 3. The van der Waals surface area contributed by atoms with Crippen molar-refractivity contribution in [1.29, 1.82) is 0 Å². The van der Waals surface area contributed by atoms with Gasteiger partial charge in [-0.1, -0.05) is 48.5 Å². The van der Waals surface area contributed by atoms with Gasteiger partial charge in [0.1, 0.15) is 13.2 Å². The molecule has 8 nitrogen and oxygen atoms in total. The predicted molar refractivity (Wildman–Crippen MR) is 121 cm³/mol. The first-order valence-corrected chi connectivity index (χ1v) is 11.4. The normalized spacial score (nSPS) is 15.9. The van der Waals surface area contributed by atoms with E-state index in [0.29, 0.717) is 0 Å². The van der Waals surface area contributed by atoms with E-state index in [9.17, 15) is 23.2 Å². The number of ether oxygens (including phenoxy) is 2. The first-order valence-electron chi connectivity index (χ1n) is 11.4. The van der Waals surface area contributed by atoms with Gasteiger partial charge in [-0.3, -0.25) is 4.79 Å². The van der Waals surface area contributed by atoms with Crippen LogP contribution in [0, 0.1) is 0 Å². The number of carbonyl (C=O) groups excluding carboxylic acids is 2. The topological polar surface area (TPSA) is 105 Å². The average Bonchev–Trinajstić information content (AvgIpc) is 3.18. The Morgan fingerprint density at radius 3 is 2.14 bits per heavy atom. The van der Waals surface area contributed by atoms with Crippen LogP contribution >= 0.6 is 0 Å². The molecule has 10 heteroatoms. The molecule has 2 N–H and O–H groups in total. The molecular weight excluding hydrogens is 462 g/mol. The number of carboxylic acids is 1. The molecule has 0 atom stereocenters. The minimum absolute atomic E-state index is 0.0175. The monoisotopic (exact) mass is 488 g/mol. The van der Waals surface area contributed by atoms with Crippen LogP contribution in [0.15, 0.2) is 48.5 Å². The number of alkyl carbamates (subject to hydrolysis) is 1. The number of nitrogens with one attached hydrogen (secondary N) is 1. The second kappa shape index (κ2) is 10.4. The van der Waals surface area contributed by atoms with Gasteiger partial charge in [-0.05, 0) is 35.1 Å². The third-order valence-electron chi connectivity index (χ3n) is 6.28. The molecule has 2 aromatic rings. The standard InChI is InChI=1S/C25H26F2N2O6/c26-25(27,23(32)29-11-9-16(10-12-29)34-14-22(30)31)15-28-24(33)35-13-21-19-7-3-1-5-17(19)18-6-2-4-8-20(18)21/h1-8,16,21H,9-15H2,(H,28,33)(H,30,31). The lowest BCUT2D eigenvalue weighted by Crippen LogP contribution is -2.52. The lowest BCUT2D eigenvalue weighted by atomic mass is 9.98.